The van der Waals surface area contributed by atoms with Crippen LogP contribution in [0.25, 0.3) is 6.08 Å². The number of nitrogens with zero attached hydrogens (tertiary/aromatic N) is 3. The van der Waals surface area contributed by atoms with E-state index in [2.05, 4.69) is 9.97 Å². The third-order valence-electron chi connectivity index (χ3n) is 2.26. The topological polar surface area (TPSA) is 96.1 Å². The summed E-state index contributed by atoms with van der Waals surface area (Å²) < 4.78 is 5.39. The molecule has 20 heavy (non-hydrogen) atoms. The first-order valence-electron chi connectivity index (χ1n) is 5.58. The van der Waals surface area contributed by atoms with Crippen LogP contribution in [-0.4, -0.2) is 21.0 Å². The molecule has 0 fully saturated rings. The molecule has 0 atom stereocenters. The maximum atomic E-state index is 10.4. The fourth-order valence-corrected chi connectivity index (χ4v) is 1.34. The first kappa shape index (κ1) is 13.2. The fraction of sp³-hybridized carbons (Fsp3) is 0. The highest BCUT2D eigenvalue weighted by Gasteiger charge is 2.00. The van der Waals surface area contributed by atoms with Crippen LogP contribution >= 0.6 is 0 Å². The minimum Gasteiger partial charge on any atom is -0.478 e. The van der Waals surface area contributed by atoms with E-state index in [0.29, 0.717) is 16.9 Å². The molecule has 2 aromatic rings. The van der Waals surface area contributed by atoms with Crippen LogP contribution < -0.4 is 4.74 Å². The fourth-order valence-electron chi connectivity index (χ4n) is 1.34. The Labute approximate surface area is 114 Å². The highest BCUT2D eigenvalue weighted by molar-refractivity contribution is 5.85. The predicted octanol–water partition coefficient (Wildman–Crippen LogP) is 2.24. The van der Waals surface area contributed by atoms with Crippen molar-refractivity contribution in [2.75, 3.05) is 0 Å². The van der Waals surface area contributed by atoms with Crippen LogP contribution in [0.4, 0.5) is 0 Å². The second kappa shape index (κ2) is 6.11. The van der Waals surface area contributed by atoms with Crippen LogP contribution in [0.15, 0.2) is 42.7 Å². The second-order valence-electron chi connectivity index (χ2n) is 3.71. The number of carbonyl (C=O) groups is 1. The molecule has 0 radical (unpaired) electrons. The van der Waals surface area contributed by atoms with E-state index in [4.69, 9.17) is 15.1 Å². The van der Waals surface area contributed by atoms with Crippen molar-refractivity contribution in [3.63, 3.8) is 0 Å². The Morgan fingerprint density at radius 2 is 1.90 bits per heavy atom. The molecular formula is C14H9N3O3. The number of aromatic nitrogens is 2. The van der Waals surface area contributed by atoms with Crippen LogP contribution in [0.2, 0.25) is 0 Å². The molecule has 1 aromatic heterocycles. The maximum absolute atomic E-state index is 10.4. The van der Waals surface area contributed by atoms with E-state index in [1.807, 2.05) is 6.07 Å². The van der Waals surface area contributed by atoms with Crippen LogP contribution in [0.3, 0.4) is 0 Å². The molecule has 6 nitrogen and oxygen atoms in total. The van der Waals surface area contributed by atoms with E-state index < -0.39 is 5.97 Å². The van der Waals surface area contributed by atoms with Crippen molar-refractivity contribution in [3.05, 3.63) is 53.9 Å². The summed E-state index contributed by atoms with van der Waals surface area (Å²) in [6.45, 7) is 0. The molecule has 2 rings (SSSR count). The van der Waals surface area contributed by atoms with Gasteiger partial charge in [0.05, 0.1) is 11.6 Å². The molecular weight excluding hydrogens is 258 g/mol. The van der Waals surface area contributed by atoms with Gasteiger partial charge in [0.25, 0.3) is 0 Å². The molecule has 0 aliphatic heterocycles. The second-order valence-corrected chi connectivity index (χ2v) is 3.71. The summed E-state index contributed by atoms with van der Waals surface area (Å²) in [5, 5.41) is 17.2. The number of hydrogen-bond acceptors (Lipinski definition) is 5. The molecule has 0 saturated heterocycles. The van der Waals surface area contributed by atoms with Gasteiger partial charge in [0, 0.05) is 24.0 Å². The summed E-state index contributed by atoms with van der Waals surface area (Å²) in [7, 11) is 0. The Bertz CT molecular complexity index is 670. The summed E-state index contributed by atoms with van der Waals surface area (Å²) in [5.41, 5.74) is 1.09. The molecule has 0 bridgehead atoms. The number of ether oxygens (including phenoxy) is 1. The first-order valence-corrected chi connectivity index (χ1v) is 5.58. The van der Waals surface area contributed by atoms with Crippen molar-refractivity contribution < 1.29 is 14.6 Å². The van der Waals surface area contributed by atoms with Crippen molar-refractivity contribution in [2.45, 2.75) is 0 Å². The van der Waals surface area contributed by atoms with Crippen molar-refractivity contribution in [2.24, 2.45) is 0 Å². The van der Waals surface area contributed by atoms with E-state index in [-0.39, 0.29) is 6.01 Å². The maximum Gasteiger partial charge on any atom is 0.328 e. The van der Waals surface area contributed by atoms with Crippen LogP contribution in [0.5, 0.6) is 11.8 Å². The molecule has 98 valence electrons. The van der Waals surface area contributed by atoms with Gasteiger partial charge in [0.15, 0.2) is 0 Å². The SMILES string of the molecule is N#Cc1ccc(Oc2ncc(/C=C/C(=O)O)cn2)cc1. The largest absolute Gasteiger partial charge is 0.478 e. The van der Waals surface area contributed by atoms with Crippen molar-refractivity contribution >= 4 is 12.0 Å². The lowest BCUT2D eigenvalue weighted by atomic mass is 10.2. The summed E-state index contributed by atoms with van der Waals surface area (Å²) >= 11 is 0. The number of hydrogen-bond donors (Lipinski definition) is 1. The Balaban J connectivity index is 2.06. The van der Waals surface area contributed by atoms with Gasteiger partial charge in [0.1, 0.15) is 5.75 Å². The van der Waals surface area contributed by atoms with E-state index in [9.17, 15) is 4.79 Å². The van der Waals surface area contributed by atoms with Crippen molar-refractivity contribution in [3.8, 4) is 17.8 Å². The summed E-state index contributed by atoms with van der Waals surface area (Å²) in [4.78, 5) is 18.3. The molecule has 1 N–H and O–H groups in total. The van der Waals surface area contributed by atoms with Gasteiger partial charge < -0.3 is 9.84 Å². The predicted molar refractivity (Wildman–Crippen MR) is 69.9 cm³/mol. The Morgan fingerprint density at radius 3 is 2.45 bits per heavy atom. The number of carboxylic acids is 1. The number of rotatable bonds is 4. The van der Waals surface area contributed by atoms with Gasteiger partial charge in [-0.2, -0.15) is 5.26 Å². The number of nitriles is 1. The van der Waals surface area contributed by atoms with Gasteiger partial charge >= 0.3 is 12.0 Å². The lowest BCUT2D eigenvalue weighted by Crippen LogP contribution is -1.92. The highest BCUT2D eigenvalue weighted by Crippen LogP contribution is 2.17. The Hall–Kier alpha value is -3.20. The van der Waals surface area contributed by atoms with E-state index in [0.717, 1.165) is 6.08 Å². The number of aliphatic carboxylic acids is 1. The van der Waals surface area contributed by atoms with E-state index in [1.54, 1.807) is 24.3 Å². The number of benzene rings is 1. The molecule has 0 aliphatic rings. The molecule has 6 heteroatoms. The summed E-state index contributed by atoms with van der Waals surface area (Å²) in [6, 6.07) is 8.67. The zero-order valence-corrected chi connectivity index (χ0v) is 10.2. The first-order chi connectivity index (χ1) is 9.67. The Morgan fingerprint density at radius 1 is 1.25 bits per heavy atom. The lowest BCUT2D eigenvalue weighted by molar-refractivity contribution is -0.131. The number of carboxylic acid groups (broad SMARTS) is 1. The summed E-state index contributed by atoms with van der Waals surface area (Å²) in [5.74, 6) is -0.527. The molecule has 0 amide bonds. The minimum atomic E-state index is -1.04. The van der Waals surface area contributed by atoms with E-state index >= 15 is 0 Å². The molecule has 0 spiro atoms. The summed E-state index contributed by atoms with van der Waals surface area (Å²) in [6.07, 6.45) is 5.28. The van der Waals surface area contributed by atoms with Gasteiger partial charge in [0.2, 0.25) is 0 Å². The Kier molecular flexibility index (Phi) is 4.04. The smallest absolute Gasteiger partial charge is 0.328 e. The minimum absolute atomic E-state index is 0.141. The normalized spacial score (nSPS) is 10.2. The average molecular weight is 267 g/mol. The van der Waals surface area contributed by atoms with Crippen molar-refractivity contribution in [1.29, 1.82) is 5.26 Å². The van der Waals surface area contributed by atoms with E-state index in [1.165, 1.54) is 18.5 Å². The van der Waals surface area contributed by atoms with Crippen LogP contribution in [0, 0.1) is 11.3 Å². The van der Waals surface area contributed by atoms with Gasteiger partial charge in [-0.05, 0) is 30.3 Å². The molecule has 1 aromatic carbocycles. The lowest BCUT2D eigenvalue weighted by Gasteiger charge is -2.03. The van der Waals surface area contributed by atoms with Gasteiger partial charge in [-0.25, -0.2) is 14.8 Å². The third kappa shape index (κ3) is 3.65. The van der Waals surface area contributed by atoms with Gasteiger partial charge in [-0.3, -0.25) is 0 Å². The molecule has 0 unspecified atom stereocenters. The zero-order chi connectivity index (χ0) is 14.4. The van der Waals surface area contributed by atoms with Crippen LogP contribution in [-0.2, 0) is 4.79 Å². The van der Waals surface area contributed by atoms with Gasteiger partial charge in [-0.1, -0.05) is 0 Å². The zero-order valence-electron chi connectivity index (χ0n) is 10.2. The average Bonchev–Trinajstić information content (AvgIpc) is 2.47. The standard InChI is InChI=1S/C14H9N3O3/c15-7-10-1-4-12(5-2-10)20-14-16-8-11(9-17-14)3-6-13(18)19/h1-6,8-9H,(H,18,19)/b6-3+. The molecule has 1 heterocycles. The quantitative estimate of drug-likeness (QED) is 0.853. The molecule has 0 aliphatic carbocycles. The molecule has 0 saturated carbocycles. The third-order valence-corrected chi connectivity index (χ3v) is 2.26. The van der Waals surface area contributed by atoms with Crippen LogP contribution in [0.1, 0.15) is 11.1 Å². The highest BCUT2D eigenvalue weighted by atomic mass is 16.5. The monoisotopic (exact) mass is 267 g/mol. The van der Waals surface area contributed by atoms with Gasteiger partial charge in [-0.15, -0.1) is 0 Å². The van der Waals surface area contributed by atoms with Crippen molar-refractivity contribution in [1.82, 2.24) is 9.97 Å².